The maximum atomic E-state index is 4.56. The molecule has 0 amide bonds. The van der Waals surface area contributed by atoms with Crippen LogP contribution in [0.15, 0.2) is 29.9 Å². The monoisotopic (exact) mass is 354 g/mol. The highest BCUT2D eigenvalue weighted by Crippen LogP contribution is 2.35. The molecule has 0 aliphatic rings. The van der Waals surface area contributed by atoms with Crippen molar-refractivity contribution in [2.75, 3.05) is 5.33 Å². The second-order valence-corrected chi connectivity index (χ2v) is 7.00. The Morgan fingerprint density at radius 3 is 2.60 bits per heavy atom. The van der Waals surface area contributed by atoms with Crippen LogP contribution >= 0.6 is 27.3 Å². The molecule has 2 nitrogen and oxygen atoms in total. The Hall–Kier alpha value is -0.610. The molecule has 110 valence electrons. The van der Waals surface area contributed by atoms with Crippen molar-refractivity contribution in [1.29, 1.82) is 0 Å². The summed E-state index contributed by atoms with van der Waals surface area (Å²) in [6, 6.07) is 4.24. The van der Waals surface area contributed by atoms with Crippen LogP contribution in [0.2, 0.25) is 0 Å². The molecule has 0 aromatic carbocycles. The van der Waals surface area contributed by atoms with E-state index in [0.717, 1.165) is 17.7 Å². The van der Waals surface area contributed by atoms with Crippen molar-refractivity contribution in [2.24, 2.45) is 5.41 Å². The molecule has 0 radical (unpaired) electrons. The van der Waals surface area contributed by atoms with Gasteiger partial charge in [0.15, 0.2) is 0 Å². The van der Waals surface area contributed by atoms with E-state index in [2.05, 4.69) is 63.0 Å². The van der Waals surface area contributed by atoms with Crippen LogP contribution in [0.4, 0.5) is 0 Å². The van der Waals surface area contributed by atoms with Crippen molar-refractivity contribution in [3.05, 3.63) is 29.9 Å². The van der Waals surface area contributed by atoms with Crippen molar-refractivity contribution >= 4 is 27.3 Å². The second-order valence-electron chi connectivity index (χ2n) is 5.49. The molecule has 0 aliphatic heterocycles. The van der Waals surface area contributed by atoms with Gasteiger partial charge in [0.05, 0.1) is 4.88 Å². The van der Waals surface area contributed by atoms with E-state index in [1.165, 1.54) is 30.6 Å². The molecular weight excluding hydrogens is 332 g/mol. The normalized spacial score (nSPS) is 11.9. The summed E-state index contributed by atoms with van der Waals surface area (Å²) in [5, 5.41) is 3.17. The topological polar surface area (TPSA) is 17.8 Å². The molecule has 0 N–H and O–H groups in total. The minimum Gasteiger partial charge on any atom is -0.330 e. The third kappa shape index (κ3) is 3.53. The maximum absolute atomic E-state index is 4.56. The standard InChI is InChI=1S/C16H23BrN2S/c1-3-7-16(12-17,8-4-2)13-19-10-9-18-15(19)14-6-5-11-20-14/h5-6,9-11H,3-4,7-8,12-13H2,1-2H3. The Balaban J connectivity index is 2.25. The number of rotatable bonds is 8. The Morgan fingerprint density at radius 2 is 2.05 bits per heavy atom. The molecule has 4 heteroatoms. The molecule has 2 heterocycles. The van der Waals surface area contributed by atoms with Crippen molar-refractivity contribution in [1.82, 2.24) is 9.55 Å². The van der Waals surface area contributed by atoms with E-state index in [4.69, 9.17) is 0 Å². The molecule has 0 saturated carbocycles. The number of hydrogen-bond acceptors (Lipinski definition) is 2. The van der Waals surface area contributed by atoms with Gasteiger partial charge < -0.3 is 4.57 Å². The van der Waals surface area contributed by atoms with E-state index in [-0.39, 0.29) is 0 Å². The zero-order valence-corrected chi connectivity index (χ0v) is 14.7. The highest BCUT2D eigenvalue weighted by Gasteiger charge is 2.28. The van der Waals surface area contributed by atoms with Crippen molar-refractivity contribution in [3.8, 4) is 10.7 Å². The van der Waals surface area contributed by atoms with Gasteiger partial charge in [-0.25, -0.2) is 4.98 Å². The Kier molecular flexibility index (Phi) is 5.85. The van der Waals surface area contributed by atoms with Crippen molar-refractivity contribution in [2.45, 2.75) is 46.1 Å². The first-order valence-electron chi connectivity index (χ1n) is 7.35. The summed E-state index contributed by atoms with van der Waals surface area (Å²) in [6.45, 7) is 5.61. The van der Waals surface area contributed by atoms with Crippen LogP contribution in [-0.4, -0.2) is 14.9 Å². The van der Waals surface area contributed by atoms with Crippen LogP contribution in [0, 0.1) is 5.41 Å². The molecule has 0 unspecified atom stereocenters. The average Bonchev–Trinajstić information content (AvgIpc) is 3.09. The van der Waals surface area contributed by atoms with Gasteiger partial charge in [0, 0.05) is 24.3 Å². The van der Waals surface area contributed by atoms with E-state index in [9.17, 15) is 0 Å². The van der Waals surface area contributed by atoms with Crippen LogP contribution in [0.5, 0.6) is 0 Å². The molecule has 2 aromatic rings. The van der Waals surface area contributed by atoms with Crippen molar-refractivity contribution < 1.29 is 0 Å². The highest BCUT2D eigenvalue weighted by atomic mass is 79.9. The molecule has 0 saturated heterocycles. The molecular formula is C16H23BrN2S. The van der Waals surface area contributed by atoms with Crippen LogP contribution < -0.4 is 0 Å². The SMILES string of the molecule is CCCC(CBr)(CCC)Cn1ccnc1-c1cccs1. The Morgan fingerprint density at radius 1 is 1.30 bits per heavy atom. The highest BCUT2D eigenvalue weighted by molar-refractivity contribution is 9.09. The number of alkyl halides is 1. The Bertz CT molecular complexity index is 498. The molecule has 0 fully saturated rings. The van der Waals surface area contributed by atoms with Gasteiger partial charge in [0.1, 0.15) is 5.82 Å². The third-order valence-corrected chi connectivity index (χ3v) is 5.86. The second kappa shape index (κ2) is 7.41. The minimum atomic E-state index is 0.343. The van der Waals surface area contributed by atoms with Crippen LogP contribution in [0.25, 0.3) is 10.7 Å². The summed E-state index contributed by atoms with van der Waals surface area (Å²) >= 11 is 5.52. The van der Waals surface area contributed by atoms with E-state index in [1.54, 1.807) is 11.3 Å². The molecule has 2 rings (SSSR count). The molecule has 0 aliphatic carbocycles. The van der Waals surface area contributed by atoms with Gasteiger partial charge in [-0.2, -0.15) is 0 Å². The van der Waals surface area contributed by atoms with Crippen molar-refractivity contribution in [3.63, 3.8) is 0 Å². The number of hydrogen-bond donors (Lipinski definition) is 0. The van der Waals surface area contributed by atoms with Gasteiger partial charge in [0.25, 0.3) is 0 Å². The lowest BCUT2D eigenvalue weighted by Crippen LogP contribution is -2.28. The zero-order valence-electron chi connectivity index (χ0n) is 12.3. The number of aromatic nitrogens is 2. The number of nitrogens with zero attached hydrogens (tertiary/aromatic N) is 2. The van der Waals surface area contributed by atoms with E-state index >= 15 is 0 Å². The van der Waals surface area contributed by atoms with Crippen LogP contribution in [0.3, 0.4) is 0 Å². The summed E-state index contributed by atoms with van der Waals surface area (Å²) in [6.07, 6.45) is 9.02. The first kappa shape index (κ1) is 15.8. The van der Waals surface area contributed by atoms with E-state index < -0.39 is 0 Å². The van der Waals surface area contributed by atoms with Gasteiger partial charge in [-0.15, -0.1) is 11.3 Å². The summed E-state index contributed by atoms with van der Waals surface area (Å²) < 4.78 is 2.33. The summed E-state index contributed by atoms with van der Waals surface area (Å²) in [7, 11) is 0. The predicted molar refractivity (Wildman–Crippen MR) is 91.6 cm³/mol. The lowest BCUT2D eigenvalue weighted by molar-refractivity contribution is 0.234. The molecule has 0 bridgehead atoms. The van der Waals surface area contributed by atoms with Gasteiger partial charge in [-0.1, -0.05) is 48.7 Å². The fraction of sp³-hybridized carbons (Fsp3) is 0.562. The van der Waals surface area contributed by atoms with Gasteiger partial charge in [-0.3, -0.25) is 0 Å². The molecule has 0 spiro atoms. The van der Waals surface area contributed by atoms with E-state index in [0.29, 0.717) is 5.41 Å². The fourth-order valence-corrected chi connectivity index (χ4v) is 4.42. The lowest BCUT2D eigenvalue weighted by atomic mass is 9.81. The first-order valence-corrected chi connectivity index (χ1v) is 9.36. The van der Waals surface area contributed by atoms with Crippen LogP contribution in [0.1, 0.15) is 39.5 Å². The zero-order chi connectivity index (χ0) is 14.4. The molecule has 2 aromatic heterocycles. The number of imidazole rings is 1. The largest absolute Gasteiger partial charge is 0.330 e. The quantitative estimate of drug-likeness (QED) is 0.564. The maximum Gasteiger partial charge on any atom is 0.150 e. The summed E-state index contributed by atoms with van der Waals surface area (Å²) in [4.78, 5) is 5.81. The smallest absolute Gasteiger partial charge is 0.150 e. The Labute approximate surface area is 134 Å². The summed E-state index contributed by atoms with van der Waals surface area (Å²) in [5.74, 6) is 1.11. The van der Waals surface area contributed by atoms with Gasteiger partial charge >= 0.3 is 0 Å². The van der Waals surface area contributed by atoms with E-state index in [1.807, 2.05) is 6.20 Å². The van der Waals surface area contributed by atoms with Gasteiger partial charge in [0.2, 0.25) is 0 Å². The lowest BCUT2D eigenvalue weighted by Gasteiger charge is -2.32. The average molecular weight is 355 g/mol. The third-order valence-electron chi connectivity index (χ3n) is 3.81. The fourth-order valence-electron chi connectivity index (χ4n) is 2.95. The predicted octanol–water partition coefficient (Wildman–Crippen LogP) is 5.59. The number of halogens is 1. The summed E-state index contributed by atoms with van der Waals surface area (Å²) in [5.41, 5.74) is 0.343. The molecule has 0 atom stereocenters. The first-order chi connectivity index (χ1) is 9.74. The van der Waals surface area contributed by atoms with Gasteiger partial charge in [-0.05, 0) is 29.7 Å². The number of thiophene rings is 1. The van der Waals surface area contributed by atoms with Crippen LogP contribution in [-0.2, 0) is 6.54 Å². The minimum absolute atomic E-state index is 0.343. The molecule has 20 heavy (non-hydrogen) atoms.